The number of aliphatic hydroxyl groups is 1. The highest BCUT2D eigenvalue weighted by atomic mass is 16.3. The number of fused-ring (bicyclic) bond motifs is 1. The molecule has 3 rings (SSSR count). The van der Waals surface area contributed by atoms with Gasteiger partial charge in [0.1, 0.15) is 11.6 Å². The fourth-order valence-corrected chi connectivity index (χ4v) is 3.04. The van der Waals surface area contributed by atoms with Crippen LogP contribution >= 0.6 is 0 Å². The predicted molar refractivity (Wildman–Crippen MR) is 85.2 cm³/mol. The van der Waals surface area contributed by atoms with Gasteiger partial charge in [-0.05, 0) is 25.7 Å². The molecule has 0 atom stereocenters. The predicted octanol–water partition coefficient (Wildman–Crippen LogP) is 1.25. The maximum Gasteiger partial charge on any atom is 0.226 e. The Morgan fingerprint density at radius 3 is 2.62 bits per heavy atom. The zero-order chi connectivity index (χ0) is 14.8. The van der Waals surface area contributed by atoms with Gasteiger partial charge in [0.25, 0.3) is 0 Å². The molecule has 0 amide bonds. The van der Waals surface area contributed by atoms with E-state index >= 15 is 0 Å². The molecule has 2 aliphatic rings. The lowest BCUT2D eigenvalue weighted by atomic mass is 10.1. The minimum absolute atomic E-state index is 0.156. The SMILES string of the molecule is CCCNc1nc2c(c(N3CCC(O)CC3)n1)CCN2C. The minimum Gasteiger partial charge on any atom is -0.393 e. The second-order valence-electron chi connectivity index (χ2n) is 5.99. The molecule has 0 bridgehead atoms. The van der Waals surface area contributed by atoms with Crippen molar-refractivity contribution in [3.63, 3.8) is 0 Å². The fraction of sp³-hybridized carbons (Fsp3) is 0.733. The molecule has 0 radical (unpaired) electrons. The number of aliphatic hydroxyl groups excluding tert-OH is 1. The molecule has 1 aromatic heterocycles. The van der Waals surface area contributed by atoms with E-state index in [2.05, 4.69) is 34.1 Å². The average molecular weight is 291 g/mol. The smallest absolute Gasteiger partial charge is 0.226 e. The van der Waals surface area contributed by atoms with Gasteiger partial charge in [-0.25, -0.2) is 0 Å². The summed E-state index contributed by atoms with van der Waals surface area (Å²) in [4.78, 5) is 13.9. The van der Waals surface area contributed by atoms with Crippen molar-refractivity contribution in [1.29, 1.82) is 0 Å². The Labute approximate surface area is 126 Å². The van der Waals surface area contributed by atoms with Crippen LogP contribution < -0.4 is 15.1 Å². The first kappa shape index (κ1) is 14.4. The van der Waals surface area contributed by atoms with Crippen LogP contribution in [0.5, 0.6) is 0 Å². The van der Waals surface area contributed by atoms with E-state index in [0.717, 1.165) is 69.4 Å². The summed E-state index contributed by atoms with van der Waals surface area (Å²) in [6.07, 6.45) is 3.56. The van der Waals surface area contributed by atoms with Crippen molar-refractivity contribution < 1.29 is 5.11 Å². The number of piperidine rings is 1. The normalized spacial score (nSPS) is 19.0. The van der Waals surface area contributed by atoms with Crippen LogP contribution in [0.3, 0.4) is 0 Å². The summed E-state index contributed by atoms with van der Waals surface area (Å²) in [6, 6.07) is 0. The van der Waals surface area contributed by atoms with Crippen LogP contribution in [0, 0.1) is 0 Å². The minimum atomic E-state index is -0.156. The molecule has 0 saturated carbocycles. The van der Waals surface area contributed by atoms with Gasteiger partial charge in [0.05, 0.1) is 6.10 Å². The Balaban J connectivity index is 1.90. The molecule has 116 valence electrons. The topological polar surface area (TPSA) is 64.5 Å². The van der Waals surface area contributed by atoms with Gasteiger partial charge in [-0.3, -0.25) is 0 Å². The standard InChI is InChI=1S/C15H25N5O/c1-3-7-16-15-17-13-12(6-8-19(13)2)14(18-15)20-9-4-11(21)5-10-20/h11,21H,3-10H2,1-2H3,(H,16,17,18). The molecule has 2 aliphatic heterocycles. The van der Waals surface area contributed by atoms with Crippen LogP contribution in [0.1, 0.15) is 31.7 Å². The van der Waals surface area contributed by atoms with E-state index in [-0.39, 0.29) is 6.10 Å². The molecule has 1 aromatic rings. The molecule has 2 N–H and O–H groups in total. The lowest BCUT2D eigenvalue weighted by Gasteiger charge is -2.32. The number of nitrogens with zero attached hydrogens (tertiary/aromatic N) is 4. The maximum atomic E-state index is 9.70. The molecular formula is C15H25N5O. The molecule has 0 unspecified atom stereocenters. The quantitative estimate of drug-likeness (QED) is 0.870. The zero-order valence-electron chi connectivity index (χ0n) is 13.0. The van der Waals surface area contributed by atoms with E-state index in [0.29, 0.717) is 0 Å². The van der Waals surface area contributed by atoms with Crippen LogP contribution in [-0.2, 0) is 6.42 Å². The van der Waals surface area contributed by atoms with Crippen molar-refractivity contribution in [2.45, 2.75) is 38.7 Å². The Morgan fingerprint density at radius 1 is 1.19 bits per heavy atom. The number of rotatable bonds is 4. The largest absolute Gasteiger partial charge is 0.393 e. The molecule has 1 saturated heterocycles. The Morgan fingerprint density at radius 2 is 1.90 bits per heavy atom. The van der Waals surface area contributed by atoms with Gasteiger partial charge >= 0.3 is 0 Å². The highest BCUT2D eigenvalue weighted by Gasteiger charge is 2.28. The van der Waals surface area contributed by atoms with Gasteiger partial charge in [-0.1, -0.05) is 6.92 Å². The van der Waals surface area contributed by atoms with Gasteiger partial charge in [0, 0.05) is 38.8 Å². The molecule has 0 aliphatic carbocycles. The van der Waals surface area contributed by atoms with Crippen molar-refractivity contribution >= 4 is 17.6 Å². The molecule has 1 fully saturated rings. The molecule has 0 aromatic carbocycles. The number of nitrogens with one attached hydrogen (secondary N) is 1. The Bertz CT molecular complexity index is 499. The van der Waals surface area contributed by atoms with Gasteiger partial charge in [0.2, 0.25) is 5.95 Å². The van der Waals surface area contributed by atoms with Crippen molar-refractivity contribution in [3.8, 4) is 0 Å². The van der Waals surface area contributed by atoms with Gasteiger partial charge in [-0.15, -0.1) is 0 Å². The zero-order valence-corrected chi connectivity index (χ0v) is 13.0. The first-order valence-electron chi connectivity index (χ1n) is 7.98. The summed E-state index contributed by atoms with van der Waals surface area (Å²) in [5.41, 5.74) is 1.26. The van der Waals surface area contributed by atoms with E-state index in [4.69, 9.17) is 4.98 Å². The van der Waals surface area contributed by atoms with Crippen molar-refractivity contribution in [1.82, 2.24) is 9.97 Å². The monoisotopic (exact) mass is 291 g/mol. The highest BCUT2D eigenvalue weighted by Crippen LogP contribution is 2.34. The number of hydrogen-bond donors (Lipinski definition) is 2. The van der Waals surface area contributed by atoms with Crippen molar-refractivity contribution in [2.24, 2.45) is 0 Å². The lowest BCUT2D eigenvalue weighted by Crippen LogP contribution is -2.37. The van der Waals surface area contributed by atoms with Crippen molar-refractivity contribution in [3.05, 3.63) is 5.56 Å². The van der Waals surface area contributed by atoms with Crippen LogP contribution in [-0.4, -0.2) is 54.4 Å². The first-order chi connectivity index (χ1) is 10.2. The first-order valence-corrected chi connectivity index (χ1v) is 7.98. The third-order valence-electron chi connectivity index (χ3n) is 4.32. The molecule has 3 heterocycles. The fourth-order valence-electron chi connectivity index (χ4n) is 3.04. The summed E-state index contributed by atoms with van der Waals surface area (Å²) in [5.74, 6) is 2.85. The van der Waals surface area contributed by atoms with E-state index in [1.807, 2.05) is 0 Å². The van der Waals surface area contributed by atoms with E-state index < -0.39 is 0 Å². The van der Waals surface area contributed by atoms with Crippen molar-refractivity contribution in [2.75, 3.05) is 48.3 Å². The van der Waals surface area contributed by atoms with Crippen LogP contribution in [0.4, 0.5) is 17.6 Å². The van der Waals surface area contributed by atoms with Gasteiger partial charge in [0.15, 0.2) is 0 Å². The average Bonchev–Trinajstić information content (AvgIpc) is 2.87. The molecule has 0 spiro atoms. The van der Waals surface area contributed by atoms with E-state index in [1.165, 1.54) is 5.56 Å². The Kier molecular flexibility index (Phi) is 4.14. The molecule has 6 nitrogen and oxygen atoms in total. The third-order valence-corrected chi connectivity index (χ3v) is 4.32. The number of hydrogen-bond acceptors (Lipinski definition) is 6. The van der Waals surface area contributed by atoms with Gasteiger partial charge in [-0.2, -0.15) is 9.97 Å². The number of aromatic nitrogens is 2. The summed E-state index contributed by atoms with van der Waals surface area (Å²) in [5, 5.41) is 13.0. The van der Waals surface area contributed by atoms with E-state index in [1.54, 1.807) is 0 Å². The second-order valence-corrected chi connectivity index (χ2v) is 5.99. The number of anilines is 3. The second kappa shape index (κ2) is 6.05. The Hall–Kier alpha value is -1.56. The van der Waals surface area contributed by atoms with Crippen LogP contribution in [0.25, 0.3) is 0 Å². The molecule has 6 heteroatoms. The third kappa shape index (κ3) is 2.90. The van der Waals surface area contributed by atoms with E-state index in [9.17, 15) is 5.11 Å². The molecule has 21 heavy (non-hydrogen) atoms. The molecular weight excluding hydrogens is 266 g/mol. The van der Waals surface area contributed by atoms with Gasteiger partial charge < -0.3 is 20.2 Å². The summed E-state index contributed by atoms with van der Waals surface area (Å²) >= 11 is 0. The maximum absolute atomic E-state index is 9.70. The van der Waals surface area contributed by atoms with Crippen LogP contribution in [0.2, 0.25) is 0 Å². The highest BCUT2D eigenvalue weighted by molar-refractivity contribution is 5.66. The summed E-state index contributed by atoms with van der Waals surface area (Å²) < 4.78 is 0. The number of likely N-dealkylation sites (N-methyl/N-ethyl adjacent to an activating group) is 1. The lowest BCUT2D eigenvalue weighted by molar-refractivity contribution is 0.145. The summed E-state index contributed by atoms with van der Waals surface area (Å²) in [6.45, 7) is 5.79. The summed E-state index contributed by atoms with van der Waals surface area (Å²) in [7, 11) is 2.09. The van der Waals surface area contributed by atoms with Crippen LogP contribution in [0.15, 0.2) is 0 Å².